The Bertz CT molecular complexity index is 819. The van der Waals surface area contributed by atoms with Crippen LogP contribution in [0.4, 0.5) is 10.5 Å². The van der Waals surface area contributed by atoms with E-state index >= 15 is 0 Å². The number of rotatable bonds is 5. The van der Waals surface area contributed by atoms with Crippen LogP contribution in [0.1, 0.15) is 5.56 Å². The van der Waals surface area contributed by atoms with Crippen molar-refractivity contribution in [3.8, 4) is 5.75 Å². The number of hydrogen-bond acceptors (Lipinski definition) is 5. The average Bonchev–Trinajstić information content (AvgIpc) is 2.89. The second kappa shape index (κ2) is 7.63. The lowest BCUT2D eigenvalue weighted by atomic mass is 10.2. The van der Waals surface area contributed by atoms with Crippen molar-refractivity contribution >= 4 is 46.3 Å². The fraction of sp³-hybridized carbons (Fsp3) is 0.111. The van der Waals surface area contributed by atoms with Gasteiger partial charge in [-0.15, -0.1) is 0 Å². The van der Waals surface area contributed by atoms with E-state index in [1.807, 2.05) is 12.1 Å². The number of hydrogen-bond donors (Lipinski definition) is 1. The molecule has 0 spiro atoms. The van der Waals surface area contributed by atoms with Crippen molar-refractivity contribution in [2.75, 3.05) is 19.1 Å². The number of anilines is 1. The largest absolute Gasteiger partial charge is 0.497 e. The molecule has 2 amide bonds. The smallest absolute Gasteiger partial charge is 0.295 e. The Morgan fingerprint density at radius 3 is 2.44 bits per heavy atom. The molecular formula is C18H15ClN2O3S. The van der Waals surface area contributed by atoms with Gasteiger partial charge in [0.1, 0.15) is 5.75 Å². The van der Waals surface area contributed by atoms with E-state index in [0.29, 0.717) is 9.93 Å². The van der Waals surface area contributed by atoms with Crippen LogP contribution in [0, 0.1) is 0 Å². The molecule has 3 rings (SSSR count). The SMILES string of the molecule is COc1ccc(/C=C2\SC(=O)N(CNc3ccc(Cl)cc3)C2=O)cc1. The van der Waals surface area contributed by atoms with Gasteiger partial charge in [0.05, 0.1) is 18.7 Å². The average molecular weight is 375 g/mol. The first-order valence-electron chi connectivity index (χ1n) is 7.45. The molecule has 0 unspecified atom stereocenters. The number of carbonyl (C=O) groups excluding carboxylic acids is 2. The summed E-state index contributed by atoms with van der Waals surface area (Å²) < 4.78 is 5.10. The molecule has 0 aromatic heterocycles. The summed E-state index contributed by atoms with van der Waals surface area (Å²) in [6, 6.07) is 14.3. The molecule has 1 fully saturated rings. The fourth-order valence-electron chi connectivity index (χ4n) is 2.23. The van der Waals surface area contributed by atoms with Gasteiger partial charge in [0, 0.05) is 10.7 Å². The predicted octanol–water partition coefficient (Wildman–Crippen LogP) is 4.45. The minimum absolute atomic E-state index is 0.103. The highest BCUT2D eigenvalue weighted by Gasteiger charge is 2.34. The molecule has 1 saturated heterocycles. The highest BCUT2D eigenvalue weighted by atomic mass is 35.5. The van der Waals surface area contributed by atoms with E-state index in [0.717, 1.165) is 28.8 Å². The highest BCUT2D eigenvalue weighted by Crippen LogP contribution is 2.32. The van der Waals surface area contributed by atoms with E-state index in [4.69, 9.17) is 16.3 Å². The second-order valence-corrected chi connectivity index (χ2v) is 6.65. The molecule has 1 N–H and O–H groups in total. The maximum Gasteiger partial charge on any atom is 0.295 e. The van der Waals surface area contributed by atoms with Crippen LogP contribution in [0.25, 0.3) is 6.08 Å². The van der Waals surface area contributed by atoms with Crippen LogP contribution in [0.3, 0.4) is 0 Å². The Kier molecular flexibility index (Phi) is 5.31. The summed E-state index contributed by atoms with van der Waals surface area (Å²) in [6.07, 6.45) is 1.70. The zero-order valence-corrected chi connectivity index (χ0v) is 14.9. The minimum Gasteiger partial charge on any atom is -0.497 e. The van der Waals surface area contributed by atoms with Crippen LogP contribution in [0.15, 0.2) is 53.4 Å². The van der Waals surface area contributed by atoms with Gasteiger partial charge in [0.25, 0.3) is 11.1 Å². The summed E-state index contributed by atoms with van der Waals surface area (Å²) in [5.41, 5.74) is 1.61. The third-order valence-electron chi connectivity index (χ3n) is 3.57. The number of ether oxygens (including phenoxy) is 1. The van der Waals surface area contributed by atoms with Gasteiger partial charge >= 0.3 is 0 Å². The molecule has 0 bridgehead atoms. The first-order chi connectivity index (χ1) is 12.1. The standard InChI is InChI=1S/C18H15ClN2O3S/c1-24-15-8-2-12(3-9-15)10-16-17(22)21(18(23)25-16)11-20-14-6-4-13(19)5-7-14/h2-10,20H,11H2,1H3/b16-10-. The number of methoxy groups -OCH3 is 1. The van der Waals surface area contributed by atoms with Gasteiger partial charge in [-0.25, -0.2) is 0 Å². The Hall–Kier alpha value is -2.44. The molecule has 7 heteroatoms. The predicted molar refractivity (Wildman–Crippen MR) is 101 cm³/mol. The Morgan fingerprint density at radius 1 is 1.12 bits per heavy atom. The van der Waals surface area contributed by atoms with Gasteiger partial charge in [-0.05, 0) is 59.8 Å². The number of halogens is 1. The number of amides is 2. The number of nitrogens with zero attached hydrogens (tertiary/aromatic N) is 1. The van der Waals surface area contributed by atoms with Crippen LogP contribution < -0.4 is 10.1 Å². The summed E-state index contributed by atoms with van der Waals surface area (Å²) >= 11 is 6.77. The van der Waals surface area contributed by atoms with Gasteiger partial charge in [0.15, 0.2) is 0 Å². The van der Waals surface area contributed by atoms with Crippen molar-refractivity contribution in [2.24, 2.45) is 0 Å². The molecule has 1 aliphatic heterocycles. The van der Waals surface area contributed by atoms with Gasteiger partial charge < -0.3 is 10.1 Å². The van der Waals surface area contributed by atoms with Crippen LogP contribution in [0.2, 0.25) is 5.02 Å². The third-order valence-corrected chi connectivity index (χ3v) is 4.73. The molecule has 0 radical (unpaired) electrons. The van der Waals surface area contributed by atoms with E-state index in [-0.39, 0.29) is 17.8 Å². The van der Waals surface area contributed by atoms with Gasteiger partial charge in [-0.3, -0.25) is 14.5 Å². The first kappa shape index (κ1) is 17.4. The molecule has 2 aromatic carbocycles. The minimum atomic E-state index is -0.313. The number of benzene rings is 2. The van der Waals surface area contributed by atoms with Crippen LogP contribution in [0.5, 0.6) is 5.75 Å². The maximum absolute atomic E-state index is 12.4. The monoisotopic (exact) mass is 374 g/mol. The molecule has 0 saturated carbocycles. The van der Waals surface area contributed by atoms with E-state index in [1.165, 1.54) is 4.90 Å². The number of thioether (sulfide) groups is 1. The van der Waals surface area contributed by atoms with Crippen molar-refractivity contribution in [1.82, 2.24) is 4.90 Å². The topological polar surface area (TPSA) is 58.6 Å². The number of imide groups is 1. The third kappa shape index (κ3) is 4.15. The number of nitrogens with one attached hydrogen (secondary N) is 1. The summed E-state index contributed by atoms with van der Waals surface area (Å²) in [6.45, 7) is 0.103. The lowest BCUT2D eigenvalue weighted by molar-refractivity contribution is -0.122. The fourth-order valence-corrected chi connectivity index (χ4v) is 3.19. The highest BCUT2D eigenvalue weighted by molar-refractivity contribution is 8.18. The van der Waals surface area contributed by atoms with Gasteiger partial charge in [-0.2, -0.15) is 0 Å². The van der Waals surface area contributed by atoms with E-state index < -0.39 is 0 Å². The zero-order chi connectivity index (χ0) is 17.8. The summed E-state index contributed by atoms with van der Waals surface area (Å²) in [5.74, 6) is 0.421. The molecule has 5 nitrogen and oxygen atoms in total. The second-order valence-electron chi connectivity index (χ2n) is 5.22. The van der Waals surface area contributed by atoms with Gasteiger partial charge in [-0.1, -0.05) is 23.7 Å². The Morgan fingerprint density at radius 2 is 1.80 bits per heavy atom. The molecular weight excluding hydrogens is 360 g/mol. The van der Waals surface area contributed by atoms with Crippen LogP contribution in [-0.4, -0.2) is 29.8 Å². The van der Waals surface area contributed by atoms with Crippen molar-refractivity contribution < 1.29 is 14.3 Å². The zero-order valence-electron chi connectivity index (χ0n) is 13.4. The Balaban J connectivity index is 1.68. The quantitative estimate of drug-likeness (QED) is 0.783. The molecule has 1 aliphatic rings. The van der Waals surface area contributed by atoms with Crippen molar-refractivity contribution in [1.29, 1.82) is 0 Å². The summed E-state index contributed by atoms with van der Waals surface area (Å²) in [7, 11) is 1.59. The summed E-state index contributed by atoms with van der Waals surface area (Å²) in [5, 5.41) is 3.37. The van der Waals surface area contributed by atoms with E-state index in [1.54, 1.807) is 49.6 Å². The lowest BCUT2D eigenvalue weighted by Crippen LogP contribution is -2.33. The number of carbonyl (C=O) groups is 2. The van der Waals surface area contributed by atoms with Crippen LogP contribution >= 0.6 is 23.4 Å². The van der Waals surface area contributed by atoms with Crippen molar-refractivity contribution in [3.63, 3.8) is 0 Å². The summed E-state index contributed by atoms with van der Waals surface area (Å²) in [4.78, 5) is 26.1. The van der Waals surface area contributed by atoms with Crippen molar-refractivity contribution in [2.45, 2.75) is 0 Å². The molecule has 1 heterocycles. The first-order valence-corrected chi connectivity index (χ1v) is 8.65. The van der Waals surface area contributed by atoms with Crippen LogP contribution in [-0.2, 0) is 4.79 Å². The molecule has 25 heavy (non-hydrogen) atoms. The van der Waals surface area contributed by atoms with E-state index in [2.05, 4.69) is 5.32 Å². The van der Waals surface area contributed by atoms with Gasteiger partial charge in [0.2, 0.25) is 0 Å². The molecule has 0 atom stereocenters. The lowest BCUT2D eigenvalue weighted by Gasteiger charge is -2.14. The van der Waals surface area contributed by atoms with Crippen molar-refractivity contribution in [3.05, 3.63) is 64.0 Å². The van der Waals surface area contributed by atoms with E-state index in [9.17, 15) is 9.59 Å². The Labute approximate surface area is 154 Å². The molecule has 128 valence electrons. The normalized spacial score (nSPS) is 15.8. The molecule has 0 aliphatic carbocycles. The molecule has 2 aromatic rings. The maximum atomic E-state index is 12.4.